The maximum absolute atomic E-state index is 5.49. The number of benzene rings is 1. The lowest BCUT2D eigenvalue weighted by Gasteiger charge is -2.22. The first-order valence-corrected chi connectivity index (χ1v) is 7.29. The molecule has 0 amide bonds. The van der Waals surface area contributed by atoms with Gasteiger partial charge in [0.05, 0.1) is 6.61 Å². The third-order valence-electron chi connectivity index (χ3n) is 4.05. The van der Waals surface area contributed by atoms with Crippen LogP contribution in [0.15, 0.2) is 24.3 Å². The molecule has 2 aliphatic rings. The van der Waals surface area contributed by atoms with Crippen LogP contribution < -0.4 is 5.32 Å². The molecular weight excluding hydrogens is 222 g/mol. The van der Waals surface area contributed by atoms with E-state index >= 15 is 0 Å². The molecule has 1 unspecified atom stereocenters. The average molecular weight is 245 g/mol. The number of ether oxygens (including phenoxy) is 1. The fourth-order valence-corrected chi connectivity index (χ4v) is 2.71. The van der Waals surface area contributed by atoms with Crippen LogP contribution in [0.3, 0.4) is 0 Å². The van der Waals surface area contributed by atoms with E-state index < -0.39 is 0 Å². The van der Waals surface area contributed by atoms with Gasteiger partial charge in [-0.1, -0.05) is 24.3 Å². The molecule has 1 N–H and O–H groups in total. The smallest absolute Gasteiger partial charge is 0.0506 e. The van der Waals surface area contributed by atoms with Crippen LogP contribution in [0.25, 0.3) is 0 Å². The first-order valence-electron chi connectivity index (χ1n) is 7.29. The van der Waals surface area contributed by atoms with Crippen molar-refractivity contribution in [3.05, 3.63) is 35.4 Å². The second-order valence-corrected chi connectivity index (χ2v) is 5.73. The van der Waals surface area contributed by atoms with E-state index in [0.717, 1.165) is 32.2 Å². The number of rotatable bonds is 5. The third kappa shape index (κ3) is 3.33. The summed E-state index contributed by atoms with van der Waals surface area (Å²) in [4.78, 5) is 0. The zero-order chi connectivity index (χ0) is 12.2. The summed E-state index contributed by atoms with van der Waals surface area (Å²) in [5.74, 6) is 1.58. The van der Waals surface area contributed by atoms with Gasteiger partial charge in [0, 0.05) is 19.7 Å². The van der Waals surface area contributed by atoms with Crippen molar-refractivity contribution in [3.8, 4) is 0 Å². The summed E-state index contributed by atoms with van der Waals surface area (Å²) in [5, 5.41) is 3.56. The molecule has 0 bridgehead atoms. The molecule has 0 aromatic heterocycles. The molecule has 2 fully saturated rings. The Kier molecular flexibility index (Phi) is 3.96. The Balaban J connectivity index is 1.41. The van der Waals surface area contributed by atoms with Crippen molar-refractivity contribution in [1.82, 2.24) is 5.32 Å². The van der Waals surface area contributed by atoms with Crippen molar-refractivity contribution >= 4 is 0 Å². The van der Waals surface area contributed by atoms with Gasteiger partial charge in [0.25, 0.3) is 0 Å². The van der Waals surface area contributed by atoms with Crippen LogP contribution in [0.2, 0.25) is 0 Å². The molecule has 1 aromatic rings. The lowest BCUT2D eigenvalue weighted by atomic mass is 10.0. The Labute approximate surface area is 110 Å². The van der Waals surface area contributed by atoms with Gasteiger partial charge in [-0.2, -0.15) is 0 Å². The summed E-state index contributed by atoms with van der Waals surface area (Å²) in [7, 11) is 0. The molecule has 1 aliphatic carbocycles. The van der Waals surface area contributed by atoms with E-state index in [4.69, 9.17) is 4.74 Å². The highest BCUT2D eigenvalue weighted by atomic mass is 16.5. The Morgan fingerprint density at radius 1 is 1.11 bits per heavy atom. The lowest BCUT2D eigenvalue weighted by molar-refractivity contribution is 0.0547. The van der Waals surface area contributed by atoms with Crippen molar-refractivity contribution in [2.45, 2.75) is 38.1 Å². The molecule has 1 aromatic carbocycles. The Hall–Kier alpha value is -0.860. The fraction of sp³-hybridized carbons (Fsp3) is 0.625. The quantitative estimate of drug-likeness (QED) is 0.860. The van der Waals surface area contributed by atoms with E-state index in [1.54, 1.807) is 0 Å². The predicted octanol–water partition coefficient (Wildman–Crippen LogP) is 3.08. The van der Waals surface area contributed by atoms with Gasteiger partial charge in [-0.3, -0.25) is 0 Å². The maximum atomic E-state index is 5.49. The van der Waals surface area contributed by atoms with Gasteiger partial charge < -0.3 is 10.1 Å². The van der Waals surface area contributed by atoms with Gasteiger partial charge in [0.2, 0.25) is 0 Å². The van der Waals surface area contributed by atoms with Crippen LogP contribution in [0, 0.1) is 5.92 Å². The van der Waals surface area contributed by atoms with E-state index in [2.05, 4.69) is 29.6 Å². The monoisotopic (exact) mass is 245 g/mol. The van der Waals surface area contributed by atoms with E-state index in [1.165, 1.54) is 36.8 Å². The second kappa shape index (κ2) is 5.85. The molecule has 1 heterocycles. The molecule has 98 valence electrons. The van der Waals surface area contributed by atoms with Gasteiger partial charge >= 0.3 is 0 Å². The highest BCUT2D eigenvalue weighted by Crippen LogP contribution is 2.39. The van der Waals surface area contributed by atoms with E-state index in [-0.39, 0.29) is 0 Å². The SMILES string of the molecule is c1cc(C2CC2)ccc1CNCC1CCCOC1. The van der Waals surface area contributed by atoms with Crippen LogP contribution in [0.4, 0.5) is 0 Å². The summed E-state index contributed by atoms with van der Waals surface area (Å²) in [6, 6.07) is 9.16. The highest BCUT2D eigenvalue weighted by molar-refractivity contribution is 5.27. The zero-order valence-electron chi connectivity index (χ0n) is 11.0. The summed E-state index contributed by atoms with van der Waals surface area (Å²) in [6.07, 6.45) is 5.31. The standard InChI is InChI=1S/C16H23NO/c1-2-14(12-18-9-1)11-17-10-13-3-5-15(6-4-13)16-7-8-16/h3-6,14,16-17H,1-2,7-12H2. The molecule has 0 radical (unpaired) electrons. The minimum absolute atomic E-state index is 0.712. The minimum Gasteiger partial charge on any atom is -0.381 e. The summed E-state index contributed by atoms with van der Waals surface area (Å²) in [6.45, 7) is 3.97. The molecule has 18 heavy (non-hydrogen) atoms. The molecule has 1 saturated heterocycles. The van der Waals surface area contributed by atoms with E-state index in [1.807, 2.05) is 0 Å². The Bertz CT molecular complexity index is 363. The molecular formula is C16H23NO. The van der Waals surface area contributed by atoms with Crippen LogP contribution in [-0.4, -0.2) is 19.8 Å². The lowest BCUT2D eigenvalue weighted by Crippen LogP contribution is -2.28. The molecule has 1 saturated carbocycles. The molecule has 1 aliphatic heterocycles. The molecule has 0 spiro atoms. The van der Waals surface area contributed by atoms with Crippen LogP contribution >= 0.6 is 0 Å². The summed E-state index contributed by atoms with van der Waals surface area (Å²) >= 11 is 0. The van der Waals surface area contributed by atoms with Gasteiger partial charge in [0.1, 0.15) is 0 Å². The topological polar surface area (TPSA) is 21.3 Å². The van der Waals surface area contributed by atoms with Crippen molar-refractivity contribution < 1.29 is 4.74 Å². The number of hydrogen-bond acceptors (Lipinski definition) is 2. The fourth-order valence-electron chi connectivity index (χ4n) is 2.71. The van der Waals surface area contributed by atoms with Crippen LogP contribution in [-0.2, 0) is 11.3 Å². The van der Waals surface area contributed by atoms with Crippen molar-refractivity contribution in [1.29, 1.82) is 0 Å². The van der Waals surface area contributed by atoms with Gasteiger partial charge in [-0.15, -0.1) is 0 Å². The van der Waals surface area contributed by atoms with Crippen molar-refractivity contribution in [2.75, 3.05) is 19.8 Å². The summed E-state index contributed by atoms with van der Waals surface area (Å²) < 4.78 is 5.49. The molecule has 2 nitrogen and oxygen atoms in total. The van der Waals surface area contributed by atoms with E-state index in [9.17, 15) is 0 Å². The van der Waals surface area contributed by atoms with Crippen molar-refractivity contribution in [3.63, 3.8) is 0 Å². The predicted molar refractivity (Wildman–Crippen MR) is 73.7 cm³/mol. The van der Waals surface area contributed by atoms with Gasteiger partial charge in [-0.25, -0.2) is 0 Å². The van der Waals surface area contributed by atoms with Gasteiger partial charge in [0.15, 0.2) is 0 Å². The van der Waals surface area contributed by atoms with Gasteiger partial charge in [-0.05, 0) is 48.6 Å². The number of hydrogen-bond donors (Lipinski definition) is 1. The third-order valence-corrected chi connectivity index (χ3v) is 4.05. The number of nitrogens with one attached hydrogen (secondary N) is 1. The minimum atomic E-state index is 0.712. The maximum Gasteiger partial charge on any atom is 0.0506 e. The average Bonchev–Trinajstić information content (AvgIpc) is 3.25. The Morgan fingerprint density at radius 3 is 2.61 bits per heavy atom. The molecule has 3 rings (SSSR count). The summed E-state index contributed by atoms with van der Waals surface area (Å²) in [5.41, 5.74) is 2.93. The van der Waals surface area contributed by atoms with Crippen molar-refractivity contribution in [2.24, 2.45) is 5.92 Å². The first kappa shape index (κ1) is 12.2. The second-order valence-electron chi connectivity index (χ2n) is 5.73. The largest absolute Gasteiger partial charge is 0.381 e. The Morgan fingerprint density at radius 2 is 1.94 bits per heavy atom. The molecule has 1 atom stereocenters. The molecule has 2 heteroatoms. The zero-order valence-corrected chi connectivity index (χ0v) is 11.0. The van der Waals surface area contributed by atoms with E-state index in [0.29, 0.717) is 5.92 Å². The first-order chi connectivity index (χ1) is 8.92. The highest BCUT2D eigenvalue weighted by Gasteiger charge is 2.22. The normalized spacial score (nSPS) is 24.1. The van der Waals surface area contributed by atoms with Crippen LogP contribution in [0.1, 0.15) is 42.7 Å². The van der Waals surface area contributed by atoms with Crippen LogP contribution in [0.5, 0.6) is 0 Å².